The van der Waals surface area contributed by atoms with Crippen molar-refractivity contribution in [2.24, 2.45) is 5.41 Å². The summed E-state index contributed by atoms with van der Waals surface area (Å²) in [7, 11) is -4.27. The molecule has 14 heteroatoms. The van der Waals surface area contributed by atoms with E-state index in [0.717, 1.165) is 0 Å². The molecule has 0 fully saturated rings. The fourth-order valence-corrected chi connectivity index (χ4v) is 11.3. The molecule has 216 valence electrons. The zero-order chi connectivity index (χ0) is 29.9. The number of thiol groups is 2. The number of halogens is 6. The van der Waals surface area contributed by atoms with Crippen molar-refractivity contribution in [3.8, 4) is 0 Å². The Labute approximate surface area is 237 Å². The molecule has 0 unspecified atom stereocenters. The summed E-state index contributed by atoms with van der Waals surface area (Å²) in [6.45, 7) is 7.84. The lowest BCUT2D eigenvalue weighted by Gasteiger charge is -2.34. The minimum atomic E-state index is -6.30. The van der Waals surface area contributed by atoms with Gasteiger partial charge < -0.3 is 10.6 Å². The van der Waals surface area contributed by atoms with Gasteiger partial charge in [0.25, 0.3) is 11.8 Å². The Morgan fingerprint density at radius 3 is 1.31 bits per heavy atom. The molecule has 0 saturated heterocycles. The second-order valence-corrected chi connectivity index (χ2v) is 21.1. The molecule has 0 spiro atoms. The first-order chi connectivity index (χ1) is 17.8. The van der Waals surface area contributed by atoms with E-state index in [9.17, 15) is 35.9 Å². The van der Waals surface area contributed by atoms with Crippen LogP contribution < -0.4 is 21.0 Å². The summed E-state index contributed by atoms with van der Waals surface area (Å²) >= 11 is 8.42. The Bertz CT molecular complexity index is 1100. The molecule has 0 radical (unpaired) electrons. The van der Waals surface area contributed by atoms with Crippen molar-refractivity contribution in [1.82, 2.24) is 0 Å². The molecule has 0 aliphatic heterocycles. The van der Waals surface area contributed by atoms with Crippen molar-refractivity contribution in [1.29, 1.82) is 0 Å². The number of alkyl halides is 6. The van der Waals surface area contributed by atoms with Gasteiger partial charge in [0.15, 0.2) is 0 Å². The molecule has 0 bridgehead atoms. The van der Waals surface area contributed by atoms with Crippen LogP contribution in [0.1, 0.15) is 0 Å². The lowest BCUT2D eigenvalue weighted by atomic mass is 9.83. The molecule has 0 aliphatic carbocycles. The van der Waals surface area contributed by atoms with Crippen LogP contribution in [0.3, 0.4) is 0 Å². The Hall–Kier alpha value is -1.91. The molecule has 0 aliphatic rings. The summed E-state index contributed by atoms with van der Waals surface area (Å²) in [5, 5.41) is 4.87. The summed E-state index contributed by atoms with van der Waals surface area (Å²) < 4.78 is 85.6. The van der Waals surface area contributed by atoms with Crippen LogP contribution in [0, 0.1) is 5.41 Å². The molecular weight excluding hydrogens is 595 g/mol. The number of hydrogen-bond donors (Lipinski definition) is 4. The molecule has 2 N–H and O–H groups in total. The van der Waals surface area contributed by atoms with E-state index in [1.165, 1.54) is 36.4 Å². The molecule has 2 aromatic rings. The highest BCUT2D eigenvalue weighted by molar-refractivity contribution is 7.80. The Morgan fingerprint density at radius 1 is 0.692 bits per heavy atom. The molecule has 0 saturated carbocycles. The molecule has 0 aromatic heterocycles. The molecule has 0 heterocycles. The molecule has 2 aromatic carbocycles. The third-order valence-corrected chi connectivity index (χ3v) is 14.8. The molecule has 2 rings (SSSR count). The average molecular weight is 627 g/mol. The van der Waals surface area contributed by atoms with Gasteiger partial charge in [-0.15, -0.1) is 0 Å². The van der Waals surface area contributed by atoms with Gasteiger partial charge in [0.1, 0.15) is 0 Å². The highest BCUT2D eigenvalue weighted by Gasteiger charge is 2.80. The summed E-state index contributed by atoms with van der Waals surface area (Å²) in [4.78, 5) is 25.9. The van der Waals surface area contributed by atoms with Gasteiger partial charge in [-0.3, -0.25) is 9.59 Å². The number of carbonyl (C=O) groups excluding carboxylic acids is 2. The lowest BCUT2D eigenvalue weighted by Crippen LogP contribution is -2.64. The van der Waals surface area contributed by atoms with Gasteiger partial charge in [-0.1, -0.05) is 60.8 Å². The maximum Gasteiger partial charge on any atom is 0.421 e. The molecular formula is C25H32F6N2O2S2Si2. The second kappa shape index (κ2) is 12.3. The Balaban J connectivity index is 2.55. The second-order valence-electron chi connectivity index (χ2n) is 10.5. The quantitative estimate of drug-likeness (QED) is 0.112. The maximum atomic E-state index is 14.3. The Morgan fingerprint density at radius 2 is 1.03 bits per heavy atom. The van der Waals surface area contributed by atoms with Crippen LogP contribution in [-0.2, 0) is 9.59 Å². The highest BCUT2D eigenvalue weighted by Crippen LogP contribution is 2.51. The number of benzene rings is 2. The molecule has 4 nitrogen and oxygen atoms in total. The zero-order valence-electron chi connectivity index (χ0n) is 21.9. The first-order valence-corrected chi connectivity index (χ1v) is 19.7. The third-order valence-electron chi connectivity index (χ3n) is 6.81. The molecule has 0 atom stereocenters. The van der Waals surface area contributed by atoms with Crippen LogP contribution in [0.5, 0.6) is 0 Å². The van der Waals surface area contributed by atoms with E-state index in [0.29, 0.717) is 34.0 Å². The molecule has 39 heavy (non-hydrogen) atoms. The van der Waals surface area contributed by atoms with Crippen LogP contribution in [0.15, 0.2) is 48.5 Å². The fourth-order valence-electron chi connectivity index (χ4n) is 4.11. The first-order valence-electron chi connectivity index (χ1n) is 12.0. The van der Waals surface area contributed by atoms with Gasteiger partial charge in [0.2, 0.25) is 0 Å². The lowest BCUT2D eigenvalue weighted by molar-refractivity contribution is -0.308. The number of carbonyl (C=O) groups is 2. The number of nitrogens with one attached hydrogen (secondary N) is 2. The highest BCUT2D eigenvalue weighted by atomic mass is 32.1. The van der Waals surface area contributed by atoms with E-state index >= 15 is 0 Å². The van der Waals surface area contributed by atoms with E-state index in [1.54, 1.807) is 22.8 Å². The number of amides is 2. The predicted octanol–water partition coefficient (Wildman–Crippen LogP) is 6.07. The number of anilines is 2. The largest absolute Gasteiger partial charge is 0.421 e. The van der Waals surface area contributed by atoms with Gasteiger partial charge in [-0.25, -0.2) is 0 Å². The summed E-state index contributed by atoms with van der Waals surface area (Å²) in [5.74, 6) is -3.99. The SMILES string of the molecule is C[Si](C)(CCS)c1cccc(NC(=O)C(C(=O)Nc2cccc([Si](C)(C)CCS)c2)(C(F)(F)F)C(F)(F)F)c1. The van der Waals surface area contributed by atoms with Crippen molar-refractivity contribution in [3.63, 3.8) is 0 Å². The Kier molecular flexibility index (Phi) is 10.5. The van der Waals surface area contributed by atoms with Gasteiger partial charge >= 0.3 is 17.8 Å². The maximum absolute atomic E-state index is 14.3. The smallest absolute Gasteiger partial charge is 0.325 e. The van der Waals surface area contributed by atoms with Gasteiger partial charge in [0, 0.05) is 11.4 Å². The monoisotopic (exact) mass is 626 g/mol. The normalized spacial score (nSPS) is 13.2. The van der Waals surface area contributed by atoms with Gasteiger partial charge in [-0.05, 0) is 47.9 Å². The topological polar surface area (TPSA) is 58.2 Å². The van der Waals surface area contributed by atoms with Crippen molar-refractivity contribution in [2.45, 2.75) is 50.6 Å². The first kappa shape index (κ1) is 33.3. The van der Waals surface area contributed by atoms with Crippen LogP contribution in [0.2, 0.25) is 38.3 Å². The number of rotatable bonds is 10. The molecule has 2 amide bonds. The van der Waals surface area contributed by atoms with Crippen LogP contribution >= 0.6 is 25.3 Å². The standard InChI is InChI=1S/C25H32F6N2O2S2Si2/c1-38(2,13-11-36)19-9-5-7-17(15-19)32-21(34)23(24(26,27)28,25(29,30)31)22(35)33-18-8-6-10-20(16-18)39(3,4)14-12-37/h5-10,15-16,36-37H,11-14H2,1-4H3,(H,32,34)(H,33,35). The average Bonchev–Trinajstić information content (AvgIpc) is 2.77. The minimum absolute atomic E-state index is 0.274. The third kappa shape index (κ3) is 7.25. The van der Waals surface area contributed by atoms with Crippen LogP contribution in [0.25, 0.3) is 0 Å². The minimum Gasteiger partial charge on any atom is -0.325 e. The van der Waals surface area contributed by atoms with E-state index in [-0.39, 0.29) is 11.4 Å². The van der Waals surface area contributed by atoms with Gasteiger partial charge in [-0.2, -0.15) is 51.6 Å². The zero-order valence-corrected chi connectivity index (χ0v) is 25.7. The van der Waals surface area contributed by atoms with Crippen molar-refractivity contribution >= 4 is 75.0 Å². The summed E-state index contributed by atoms with van der Waals surface area (Å²) in [5.41, 5.74) is -5.91. The van der Waals surface area contributed by atoms with Crippen LogP contribution in [-0.4, -0.2) is 51.8 Å². The predicted molar refractivity (Wildman–Crippen MR) is 156 cm³/mol. The van der Waals surface area contributed by atoms with E-state index < -0.39 is 45.7 Å². The van der Waals surface area contributed by atoms with E-state index in [2.05, 4.69) is 25.3 Å². The summed E-state index contributed by atoms with van der Waals surface area (Å²) in [6.07, 6.45) is -12.6. The van der Waals surface area contributed by atoms with Gasteiger partial charge in [0.05, 0.1) is 16.1 Å². The van der Waals surface area contributed by atoms with Crippen LogP contribution in [0.4, 0.5) is 37.7 Å². The van der Waals surface area contributed by atoms with Crippen molar-refractivity contribution < 1.29 is 35.9 Å². The van der Waals surface area contributed by atoms with Crippen molar-refractivity contribution in [3.05, 3.63) is 48.5 Å². The van der Waals surface area contributed by atoms with E-state index in [4.69, 9.17) is 0 Å². The summed E-state index contributed by atoms with van der Waals surface area (Å²) in [6, 6.07) is 12.7. The number of hydrogen-bond acceptors (Lipinski definition) is 4. The van der Waals surface area contributed by atoms with E-state index in [1.807, 2.05) is 26.2 Å². The van der Waals surface area contributed by atoms with Crippen molar-refractivity contribution in [2.75, 3.05) is 22.1 Å². The fraction of sp³-hybridized carbons (Fsp3) is 0.440.